The van der Waals surface area contributed by atoms with Crippen LogP contribution in [0.2, 0.25) is 0 Å². The molecule has 0 fully saturated rings. The Labute approximate surface area is 87.4 Å². The van der Waals surface area contributed by atoms with Crippen LogP contribution in [0.25, 0.3) is 0 Å². The highest BCUT2D eigenvalue weighted by atomic mass is 35.5. The van der Waals surface area contributed by atoms with E-state index in [0.29, 0.717) is 0 Å². The fraction of sp³-hybridized carbons (Fsp3) is 0.500. The van der Waals surface area contributed by atoms with Crippen LogP contribution in [0.1, 0.15) is 0 Å². The minimum atomic E-state index is 0. The lowest BCUT2D eigenvalue weighted by molar-refractivity contribution is -0.456. The Balaban J connectivity index is -0.0000000457. The van der Waals surface area contributed by atoms with Gasteiger partial charge in [0.25, 0.3) is 0 Å². The molecule has 2 nitrogen and oxygen atoms in total. The van der Waals surface area contributed by atoms with Crippen molar-refractivity contribution < 1.29 is 34.0 Å². The fourth-order valence-electron chi connectivity index (χ4n) is 0. The first kappa shape index (κ1) is 22.5. The van der Waals surface area contributed by atoms with E-state index in [0.717, 1.165) is 0 Å². The van der Waals surface area contributed by atoms with Gasteiger partial charge < -0.3 is 24.8 Å². The molecule has 0 aromatic heterocycles. The van der Waals surface area contributed by atoms with Crippen LogP contribution in [0.4, 0.5) is 0 Å². The molecule has 0 radical (unpaired) electrons. The summed E-state index contributed by atoms with van der Waals surface area (Å²) in [6.45, 7) is 6.72. The maximum Gasteiger partial charge on any atom is 0.158 e. The van der Waals surface area contributed by atoms with Crippen LogP contribution in [-0.4, -0.2) is 49.1 Å². The third kappa shape index (κ3) is 56.3. The lowest BCUT2D eigenvalue weighted by Crippen LogP contribution is -3.00. The first-order valence-electron chi connectivity index (χ1n) is 2.94. The lowest BCUT2D eigenvalue weighted by Gasteiger charge is -1.65. The van der Waals surface area contributed by atoms with Gasteiger partial charge in [-0.25, -0.2) is 0 Å². The Morgan fingerprint density at radius 2 is 0.833 bits per heavy atom. The molecule has 0 bridgehead atoms. The summed E-state index contributed by atoms with van der Waals surface area (Å²) in [5, 5.41) is 0. The van der Waals surface area contributed by atoms with Gasteiger partial charge >= 0.3 is 0 Å². The molecule has 0 aliphatic rings. The van der Waals surface area contributed by atoms with Gasteiger partial charge in [-0.2, -0.15) is 9.15 Å². The predicted octanol–water partition coefficient (Wildman–Crippen LogP) is -5.76. The van der Waals surface area contributed by atoms with E-state index in [1.807, 2.05) is 28.2 Å². The molecule has 0 aromatic rings. The Kier molecular flexibility index (Phi) is 31.6. The van der Waals surface area contributed by atoms with Crippen LogP contribution < -0.4 is 24.8 Å². The third-order valence-corrected chi connectivity index (χ3v) is 0.632. The average Bonchev–Trinajstić information content (AvgIpc) is 1.89. The molecule has 0 N–H and O–H groups in total. The van der Waals surface area contributed by atoms with Gasteiger partial charge in [0, 0.05) is 13.2 Å². The van der Waals surface area contributed by atoms with E-state index in [-0.39, 0.29) is 24.8 Å². The van der Waals surface area contributed by atoms with E-state index in [1.54, 1.807) is 9.15 Å². The topological polar surface area (TPSA) is 6.02 Å². The standard InChI is InChI=1S/2C4H8N.2ClH/c2*1-4-5(2)3;;/h2*1H2,2-3H3;2*1H/q2*+1;;/p-2. The molecule has 0 atom stereocenters. The van der Waals surface area contributed by atoms with E-state index < -0.39 is 0 Å². The Hall–Kier alpha value is -0.520. The molecule has 4 heteroatoms. The van der Waals surface area contributed by atoms with E-state index >= 15 is 0 Å². The van der Waals surface area contributed by atoms with Gasteiger partial charge in [-0.05, 0) is 0 Å². The van der Waals surface area contributed by atoms with Gasteiger partial charge in [-0.1, -0.05) is 0 Å². The van der Waals surface area contributed by atoms with Crippen molar-refractivity contribution >= 4 is 11.7 Å². The summed E-state index contributed by atoms with van der Waals surface area (Å²) in [5.74, 6) is 5.22. The fourth-order valence-corrected chi connectivity index (χ4v) is 0. The molecule has 72 valence electrons. The van der Waals surface area contributed by atoms with Crippen molar-refractivity contribution in [3.63, 3.8) is 0 Å². The van der Waals surface area contributed by atoms with Crippen LogP contribution in [0.3, 0.4) is 0 Å². The largest absolute Gasteiger partial charge is 1.00 e. The van der Waals surface area contributed by atoms with Crippen LogP contribution in [0, 0.1) is 0 Å². The zero-order chi connectivity index (χ0) is 8.57. The monoisotopic (exact) mass is 210 g/mol. The summed E-state index contributed by atoms with van der Waals surface area (Å²) in [6, 6.07) is 0. The Morgan fingerprint density at radius 3 is 0.833 bits per heavy atom. The minimum Gasteiger partial charge on any atom is -1.00 e. The molecule has 0 aliphatic carbocycles. The Morgan fingerprint density at radius 1 is 0.750 bits per heavy atom. The highest BCUT2D eigenvalue weighted by Crippen LogP contribution is 1.36. The second kappa shape index (κ2) is 16.8. The highest BCUT2D eigenvalue weighted by molar-refractivity contribution is 5.39. The summed E-state index contributed by atoms with van der Waals surface area (Å²) in [6.07, 6.45) is 0. The molecule has 0 heterocycles. The summed E-state index contributed by atoms with van der Waals surface area (Å²) >= 11 is 0. The molecule has 0 aliphatic heterocycles. The number of hydrogen-bond donors (Lipinski definition) is 0. The van der Waals surface area contributed by atoms with Crippen LogP contribution in [0.5, 0.6) is 0 Å². The van der Waals surface area contributed by atoms with Crippen molar-refractivity contribution in [3.05, 3.63) is 13.2 Å². The van der Waals surface area contributed by atoms with Crippen molar-refractivity contribution in [1.82, 2.24) is 0 Å². The van der Waals surface area contributed by atoms with Gasteiger partial charge in [0.15, 0.2) is 11.7 Å². The first-order valence-corrected chi connectivity index (χ1v) is 2.94. The van der Waals surface area contributed by atoms with E-state index in [1.165, 1.54) is 0 Å². The lowest BCUT2D eigenvalue weighted by atomic mass is 11.0. The van der Waals surface area contributed by atoms with Crippen molar-refractivity contribution in [1.29, 1.82) is 0 Å². The van der Waals surface area contributed by atoms with Crippen LogP contribution in [0.15, 0.2) is 13.2 Å². The SMILES string of the molecule is C=C=[N+](C)C.C=C=[N+](C)C.[Cl-].[Cl-]. The minimum absolute atomic E-state index is 0. The van der Waals surface area contributed by atoms with E-state index in [2.05, 4.69) is 24.9 Å². The normalized spacial score (nSPS) is 5.00. The van der Waals surface area contributed by atoms with Crippen molar-refractivity contribution in [3.8, 4) is 0 Å². The van der Waals surface area contributed by atoms with Crippen LogP contribution in [-0.2, 0) is 0 Å². The third-order valence-electron chi connectivity index (χ3n) is 0.632. The summed E-state index contributed by atoms with van der Waals surface area (Å²) in [5.41, 5.74) is 0. The smallest absolute Gasteiger partial charge is 0.158 e. The number of halogens is 2. The predicted molar refractivity (Wildman–Crippen MR) is 45.5 cm³/mol. The second-order valence-corrected chi connectivity index (χ2v) is 2.11. The molecule has 0 unspecified atom stereocenters. The molecular formula is C8H16Cl2N2. The van der Waals surface area contributed by atoms with Gasteiger partial charge in [-0.15, -0.1) is 0 Å². The molecule has 0 spiro atoms. The Bertz CT molecular complexity index is 157. The number of nitrogens with zero attached hydrogens (tertiary/aromatic N) is 2. The molecule has 12 heavy (non-hydrogen) atoms. The van der Waals surface area contributed by atoms with E-state index in [4.69, 9.17) is 0 Å². The quantitative estimate of drug-likeness (QED) is 0.278. The molecular weight excluding hydrogens is 195 g/mol. The van der Waals surface area contributed by atoms with E-state index in [9.17, 15) is 0 Å². The van der Waals surface area contributed by atoms with Crippen molar-refractivity contribution in [2.45, 2.75) is 0 Å². The number of hydrogen-bond acceptors (Lipinski definition) is 0. The zero-order valence-electron chi connectivity index (χ0n) is 8.06. The molecule has 0 saturated heterocycles. The van der Waals surface area contributed by atoms with Gasteiger partial charge in [0.05, 0.1) is 0 Å². The van der Waals surface area contributed by atoms with Gasteiger partial charge in [0.2, 0.25) is 0 Å². The first-order chi connectivity index (χ1) is 4.54. The molecule has 0 amide bonds. The zero-order valence-corrected chi connectivity index (χ0v) is 9.58. The van der Waals surface area contributed by atoms with Crippen molar-refractivity contribution in [2.75, 3.05) is 28.2 Å². The summed E-state index contributed by atoms with van der Waals surface area (Å²) < 4.78 is 3.53. The van der Waals surface area contributed by atoms with Crippen molar-refractivity contribution in [2.24, 2.45) is 0 Å². The molecule has 0 aromatic carbocycles. The number of rotatable bonds is 0. The molecule has 0 rings (SSSR count). The van der Waals surface area contributed by atoms with Crippen LogP contribution >= 0.6 is 0 Å². The maximum atomic E-state index is 3.36. The summed E-state index contributed by atoms with van der Waals surface area (Å²) in [4.78, 5) is 0. The average molecular weight is 211 g/mol. The van der Waals surface area contributed by atoms with Gasteiger partial charge in [-0.3, -0.25) is 0 Å². The highest BCUT2D eigenvalue weighted by Gasteiger charge is 1.61. The molecule has 0 saturated carbocycles. The van der Waals surface area contributed by atoms with Gasteiger partial charge in [0.1, 0.15) is 28.2 Å². The summed E-state index contributed by atoms with van der Waals surface area (Å²) in [7, 11) is 7.53. The second-order valence-electron chi connectivity index (χ2n) is 2.11. The maximum absolute atomic E-state index is 3.36.